The van der Waals surface area contributed by atoms with Crippen molar-refractivity contribution in [2.45, 2.75) is 6.54 Å². The molecule has 0 aliphatic heterocycles. The van der Waals surface area contributed by atoms with E-state index < -0.39 is 5.91 Å². The molecule has 0 radical (unpaired) electrons. The van der Waals surface area contributed by atoms with Gasteiger partial charge in [0.15, 0.2) is 11.5 Å². The quantitative estimate of drug-likeness (QED) is 0.591. The Kier molecular flexibility index (Phi) is 4.06. The summed E-state index contributed by atoms with van der Waals surface area (Å²) in [6, 6.07) is 12.6. The molecule has 0 saturated heterocycles. The molecule has 0 fully saturated rings. The third-order valence-electron chi connectivity index (χ3n) is 3.64. The van der Waals surface area contributed by atoms with Gasteiger partial charge in [-0.05, 0) is 42.0 Å². The predicted octanol–water partition coefficient (Wildman–Crippen LogP) is 3.57. The van der Waals surface area contributed by atoms with Gasteiger partial charge in [-0.1, -0.05) is 12.1 Å². The molecule has 0 saturated carbocycles. The highest BCUT2D eigenvalue weighted by molar-refractivity contribution is 5.94. The Morgan fingerprint density at radius 2 is 1.85 bits per heavy atom. The second-order valence-corrected chi connectivity index (χ2v) is 5.41. The Morgan fingerprint density at radius 1 is 1.08 bits per heavy atom. The molecule has 0 aliphatic rings. The van der Waals surface area contributed by atoms with Gasteiger partial charge in [0.2, 0.25) is 11.8 Å². The van der Waals surface area contributed by atoms with Crippen molar-refractivity contribution in [3.05, 3.63) is 78.2 Å². The summed E-state index contributed by atoms with van der Waals surface area (Å²) in [6.07, 6.45) is 2.90. The normalized spacial score (nSPS) is 10.8. The Balaban J connectivity index is 1.65. The van der Waals surface area contributed by atoms with Crippen LogP contribution in [-0.2, 0) is 6.54 Å². The summed E-state index contributed by atoms with van der Waals surface area (Å²) in [5.41, 5.74) is 0.825. The molecule has 0 atom stereocenters. The van der Waals surface area contributed by atoms with Crippen LogP contribution in [0.2, 0.25) is 0 Å². The number of benzene rings is 1. The van der Waals surface area contributed by atoms with E-state index in [1.165, 1.54) is 24.7 Å². The van der Waals surface area contributed by atoms with Crippen LogP contribution < -0.4 is 5.32 Å². The number of rotatable bonds is 5. The molecule has 1 N–H and O–H groups in total. The predicted molar refractivity (Wildman–Crippen MR) is 89.9 cm³/mol. The van der Waals surface area contributed by atoms with Crippen molar-refractivity contribution < 1.29 is 18.0 Å². The molecule has 4 rings (SSSR count). The number of halogens is 1. The molecule has 8 heteroatoms. The molecule has 1 aromatic carbocycles. The number of hydrogen-bond acceptors (Lipinski definition) is 6. The molecule has 7 nitrogen and oxygen atoms in total. The summed E-state index contributed by atoms with van der Waals surface area (Å²) in [4.78, 5) is 16.9. The fourth-order valence-electron chi connectivity index (χ4n) is 2.37. The first-order valence-corrected chi connectivity index (χ1v) is 7.78. The third-order valence-corrected chi connectivity index (χ3v) is 3.64. The van der Waals surface area contributed by atoms with Gasteiger partial charge in [-0.2, -0.15) is 9.67 Å². The standard InChI is InChI=1S/C18H13FN4O3/c19-13-7-5-12(6-8-13)11-20-18-21-16(14-3-1-9-25-14)22-23(18)17(24)15-4-2-10-26-15/h1-10H,11H2,(H,20,21,22). The van der Waals surface area contributed by atoms with Crippen molar-refractivity contribution in [3.8, 4) is 11.6 Å². The molecule has 130 valence electrons. The zero-order valence-corrected chi connectivity index (χ0v) is 13.4. The third kappa shape index (κ3) is 3.12. The average Bonchev–Trinajstić information content (AvgIpc) is 3.41. The van der Waals surface area contributed by atoms with Crippen LogP contribution in [0.25, 0.3) is 11.6 Å². The van der Waals surface area contributed by atoms with E-state index in [0.717, 1.165) is 10.2 Å². The van der Waals surface area contributed by atoms with Gasteiger partial charge in [-0.15, -0.1) is 5.10 Å². The molecule has 0 amide bonds. The van der Waals surface area contributed by atoms with Gasteiger partial charge in [0.1, 0.15) is 5.82 Å². The Morgan fingerprint density at radius 3 is 2.54 bits per heavy atom. The molecule has 3 aromatic heterocycles. The number of carbonyl (C=O) groups is 1. The van der Waals surface area contributed by atoms with E-state index in [9.17, 15) is 9.18 Å². The van der Waals surface area contributed by atoms with Gasteiger partial charge in [0.25, 0.3) is 0 Å². The lowest BCUT2D eigenvalue weighted by molar-refractivity contribution is 0.0919. The van der Waals surface area contributed by atoms with Crippen LogP contribution in [0.4, 0.5) is 10.3 Å². The van der Waals surface area contributed by atoms with Crippen molar-refractivity contribution in [2.75, 3.05) is 5.32 Å². The molecule has 0 spiro atoms. The van der Waals surface area contributed by atoms with Crippen LogP contribution in [0.3, 0.4) is 0 Å². The van der Waals surface area contributed by atoms with Crippen LogP contribution in [0.15, 0.2) is 69.9 Å². The Bertz CT molecular complexity index is 1010. The summed E-state index contributed by atoms with van der Waals surface area (Å²) in [6.45, 7) is 0.335. The molecular weight excluding hydrogens is 339 g/mol. The molecule has 3 heterocycles. The first kappa shape index (κ1) is 15.8. The number of hydrogen-bond donors (Lipinski definition) is 1. The van der Waals surface area contributed by atoms with Gasteiger partial charge < -0.3 is 14.2 Å². The van der Waals surface area contributed by atoms with Gasteiger partial charge in [-0.3, -0.25) is 4.79 Å². The Hall–Kier alpha value is -3.68. The molecule has 26 heavy (non-hydrogen) atoms. The zero-order chi connectivity index (χ0) is 17.9. The van der Waals surface area contributed by atoms with E-state index in [-0.39, 0.29) is 23.4 Å². The lowest BCUT2D eigenvalue weighted by Gasteiger charge is -2.06. The fourth-order valence-corrected chi connectivity index (χ4v) is 2.37. The van der Waals surface area contributed by atoms with E-state index in [1.54, 1.807) is 36.4 Å². The van der Waals surface area contributed by atoms with E-state index >= 15 is 0 Å². The summed E-state index contributed by atoms with van der Waals surface area (Å²) < 4.78 is 24.6. The van der Waals surface area contributed by atoms with Gasteiger partial charge in [0, 0.05) is 6.54 Å². The summed E-state index contributed by atoms with van der Waals surface area (Å²) in [5, 5.41) is 7.25. The number of aromatic nitrogens is 3. The van der Waals surface area contributed by atoms with Crippen LogP contribution >= 0.6 is 0 Å². The van der Waals surface area contributed by atoms with E-state index in [1.807, 2.05) is 0 Å². The minimum absolute atomic E-state index is 0.130. The van der Waals surface area contributed by atoms with Crippen LogP contribution in [0.5, 0.6) is 0 Å². The number of nitrogens with one attached hydrogen (secondary N) is 1. The summed E-state index contributed by atoms with van der Waals surface area (Å²) >= 11 is 0. The number of anilines is 1. The molecule has 4 aromatic rings. The second kappa shape index (κ2) is 6.67. The lowest BCUT2D eigenvalue weighted by atomic mass is 10.2. The minimum Gasteiger partial charge on any atom is -0.461 e. The number of furan rings is 2. The number of nitrogens with zero attached hydrogens (tertiary/aromatic N) is 3. The fraction of sp³-hybridized carbons (Fsp3) is 0.0556. The van der Waals surface area contributed by atoms with Crippen molar-refractivity contribution in [2.24, 2.45) is 0 Å². The monoisotopic (exact) mass is 352 g/mol. The largest absolute Gasteiger partial charge is 0.461 e. The highest BCUT2D eigenvalue weighted by atomic mass is 19.1. The second-order valence-electron chi connectivity index (χ2n) is 5.41. The van der Waals surface area contributed by atoms with E-state index in [4.69, 9.17) is 8.83 Å². The molecule has 0 aliphatic carbocycles. The highest BCUT2D eigenvalue weighted by Crippen LogP contribution is 2.20. The maximum Gasteiger partial charge on any atom is 0.317 e. The zero-order valence-electron chi connectivity index (χ0n) is 13.4. The van der Waals surface area contributed by atoms with E-state index in [0.29, 0.717) is 12.3 Å². The molecule has 0 unspecified atom stereocenters. The SMILES string of the molecule is O=C(c1ccco1)n1nc(-c2ccco2)nc1NCc1ccc(F)cc1. The van der Waals surface area contributed by atoms with Crippen molar-refractivity contribution in [3.63, 3.8) is 0 Å². The lowest BCUT2D eigenvalue weighted by Crippen LogP contribution is -2.17. The van der Waals surface area contributed by atoms with Crippen LogP contribution in [0.1, 0.15) is 16.1 Å². The average molecular weight is 352 g/mol. The van der Waals surface area contributed by atoms with Crippen LogP contribution in [0, 0.1) is 5.82 Å². The van der Waals surface area contributed by atoms with E-state index in [2.05, 4.69) is 15.4 Å². The maximum absolute atomic E-state index is 13.0. The first-order chi connectivity index (χ1) is 12.7. The highest BCUT2D eigenvalue weighted by Gasteiger charge is 2.21. The van der Waals surface area contributed by atoms with Crippen molar-refractivity contribution >= 4 is 11.9 Å². The van der Waals surface area contributed by atoms with Crippen molar-refractivity contribution in [1.29, 1.82) is 0 Å². The van der Waals surface area contributed by atoms with Crippen LogP contribution in [-0.4, -0.2) is 20.7 Å². The minimum atomic E-state index is -0.470. The molecule has 0 bridgehead atoms. The number of carbonyl (C=O) groups excluding carboxylic acids is 1. The Labute approximate surface area is 147 Å². The smallest absolute Gasteiger partial charge is 0.317 e. The van der Waals surface area contributed by atoms with Crippen molar-refractivity contribution in [1.82, 2.24) is 14.8 Å². The topological polar surface area (TPSA) is 86.1 Å². The summed E-state index contributed by atoms with van der Waals surface area (Å²) in [7, 11) is 0. The maximum atomic E-state index is 13.0. The van der Waals surface area contributed by atoms with Gasteiger partial charge in [-0.25, -0.2) is 4.39 Å². The summed E-state index contributed by atoms with van der Waals surface area (Å²) in [5.74, 6) is 0.261. The first-order valence-electron chi connectivity index (χ1n) is 7.78. The van der Waals surface area contributed by atoms with Gasteiger partial charge in [0.05, 0.1) is 12.5 Å². The molecular formula is C18H13FN4O3. The van der Waals surface area contributed by atoms with Gasteiger partial charge >= 0.3 is 5.91 Å².